The van der Waals surface area contributed by atoms with E-state index in [0.29, 0.717) is 18.3 Å². The van der Waals surface area contributed by atoms with Gasteiger partial charge >= 0.3 is 6.03 Å². The van der Waals surface area contributed by atoms with Gasteiger partial charge in [0.25, 0.3) is 0 Å². The lowest BCUT2D eigenvalue weighted by molar-refractivity contribution is -0.119. The number of halogens is 1. The lowest BCUT2D eigenvalue weighted by Gasteiger charge is -2.30. The van der Waals surface area contributed by atoms with Crippen LogP contribution >= 0.6 is 23.4 Å². The molecule has 0 aromatic heterocycles. The Morgan fingerprint density at radius 3 is 2.80 bits per heavy atom. The summed E-state index contributed by atoms with van der Waals surface area (Å²) < 4.78 is 0. The van der Waals surface area contributed by atoms with Gasteiger partial charge in [-0.3, -0.25) is 10.1 Å². The van der Waals surface area contributed by atoms with Crippen LogP contribution in [-0.4, -0.2) is 46.3 Å². The summed E-state index contributed by atoms with van der Waals surface area (Å²) in [4.78, 5) is 24.4. The summed E-state index contributed by atoms with van der Waals surface area (Å²) in [6, 6.07) is -0.334. The lowest BCUT2D eigenvalue weighted by Crippen LogP contribution is -2.49. The molecule has 2 unspecified atom stereocenters. The minimum atomic E-state index is -0.675. The molecule has 1 saturated heterocycles. The summed E-state index contributed by atoms with van der Waals surface area (Å²) in [6.07, 6.45) is 0. The normalized spacial score (nSPS) is 23.4. The zero-order chi connectivity index (χ0) is 11.4. The van der Waals surface area contributed by atoms with E-state index in [2.05, 4.69) is 12.2 Å². The molecule has 1 heterocycles. The van der Waals surface area contributed by atoms with Gasteiger partial charge < -0.3 is 4.90 Å². The molecule has 1 aliphatic heterocycles. The Labute approximate surface area is 98.7 Å². The van der Waals surface area contributed by atoms with Gasteiger partial charge in [0, 0.05) is 24.1 Å². The third kappa shape index (κ3) is 3.91. The Balaban J connectivity index is 2.42. The van der Waals surface area contributed by atoms with E-state index in [1.54, 1.807) is 11.8 Å². The maximum Gasteiger partial charge on any atom is 0.324 e. The highest BCUT2D eigenvalue weighted by Gasteiger charge is 2.23. The maximum absolute atomic E-state index is 11.6. The first-order valence-electron chi connectivity index (χ1n) is 4.86. The summed E-state index contributed by atoms with van der Waals surface area (Å²) in [5, 5.41) is 2.03. The molecule has 0 radical (unpaired) electrons. The van der Waals surface area contributed by atoms with Crippen molar-refractivity contribution in [1.29, 1.82) is 0 Å². The van der Waals surface area contributed by atoms with Crippen molar-refractivity contribution >= 4 is 35.3 Å². The van der Waals surface area contributed by atoms with Crippen LogP contribution in [0.4, 0.5) is 4.79 Å². The largest absolute Gasteiger partial charge is 0.324 e. The molecule has 1 N–H and O–H groups in total. The van der Waals surface area contributed by atoms with Gasteiger partial charge in [0.05, 0.1) is 0 Å². The Bertz CT molecular complexity index is 260. The molecule has 0 aliphatic carbocycles. The summed E-state index contributed by atoms with van der Waals surface area (Å²) >= 11 is 7.38. The summed E-state index contributed by atoms with van der Waals surface area (Å²) in [7, 11) is 0. The Hall–Kier alpha value is -0.420. The molecular formula is C9H15ClN2O2S. The number of nitrogens with one attached hydrogen (secondary N) is 1. The molecule has 1 aliphatic rings. The Kier molecular flexibility index (Phi) is 4.73. The fraction of sp³-hybridized carbons (Fsp3) is 0.778. The fourth-order valence-corrected chi connectivity index (χ4v) is 2.35. The monoisotopic (exact) mass is 250 g/mol. The average Bonchev–Trinajstić information content (AvgIpc) is 2.17. The van der Waals surface area contributed by atoms with Gasteiger partial charge in [-0.2, -0.15) is 11.8 Å². The zero-order valence-corrected chi connectivity index (χ0v) is 10.4. The quantitative estimate of drug-likeness (QED) is 0.714. The van der Waals surface area contributed by atoms with Gasteiger partial charge in [-0.25, -0.2) is 4.79 Å². The minimum absolute atomic E-state index is 0.334. The first kappa shape index (κ1) is 12.6. The molecule has 1 fully saturated rings. The van der Waals surface area contributed by atoms with Crippen LogP contribution in [0.5, 0.6) is 0 Å². The first-order chi connectivity index (χ1) is 7.00. The molecule has 86 valence electrons. The van der Waals surface area contributed by atoms with Crippen molar-refractivity contribution in [3.05, 3.63) is 0 Å². The second-order valence-electron chi connectivity index (χ2n) is 3.54. The first-order valence-corrected chi connectivity index (χ1v) is 6.34. The van der Waals surface area contributed by atoms with Gasteiger partial charge in [-0.05, 0) is 6.92 Å². The van der Waals surface area contributed by atoms with E-state index in [9.17, 15) is 9.59 Å². The van der Waals surface area contributed by atoms with Crippen molar-refractivity contribution in [3.63, 3.8) is 0 Å². The standard InChI is InChI=1S/C9H15ClN2O2S/c1-6-5-12(3-4-15-6)9(14)11-8(13)7(2)10/h6-7H,3-5H2,1-2H3,(H,11,13,14). The highest BCUT2D eigenvalue weighted by Crippen LogP contribution is 2.17. The summed E-state index contributed by atoms with van der Waals surface area (Å²) in [5.74, 6) is 0.478. The number of hydrogen-bond acceptors (Lipinski definition) is 3. The van der Waals surface area contributed by atoms with Gasteiger partial charge in [0.15, 0.2) is 0 Å². The smallest absolute Gasteiger partial charge is 0.323 e. The van der Waals surface area contributed by atoms with E-state index >= 15 is 0 Å². The number of alkyl halides is 1. The van der Waals surface area contributed by atoms with E-state index in [1.165, 1.54) is 0 Å². The van der Waals surface area contributed by atoms with Crippen molar-refractivity contribution in [1.82, 2.24) is 10.2 Å². The third-order valence-corrected chi connectivity index (χ3v) is 3.45. The van der Waals surface area contributed by atoms with Crippen LogP contribution in [0.2, 0.25) is 0 Å². The third-order valence-electron chi connectivity index (χ3n) is 2.12. The van der Waals surface area contributed by atoms with Gasteiger partial charge in [0.2, 0.25) is 5.91 Å². The zero-order valence-electron chi connectivity index (χ0n) is 8.83. The number of carbonyl (C=O) groups is 2. The van der Waals surface area contributed by atoms with Crippen molar-refractivity contribution in [2.24, 2.45) is 0 Å². The maximum atomic E-state index is 11.6. The number of nitrogens with zero attached hydrogens (tertiary/aromatic N) is 1. The van der Waals surface area contributed by atoms with Crippen LogP contribution in [0, 0.1) is 0 Å². The second kappa shape index (κ2) is 5.61. The number of rotatable bonds is 1. The van der Waals surface area contributed by atoms with Gasteiger partial charge in [-0.15, -0.1) is 11.6 Å². The molecule has 0 aromatic carbocycles. The summed E-state index contributed by atoms with van der Waals surface area (Å²) in [6.45, 7) is 4.97. The molecule has 0 spiro atoms. The molecule has 2 atom stereocenters. The number of amides is 3. The number of imide groups is 1. The molecule has 3 amide bonds. The Morgan fingerprint density at radius 2 is 2.27 bits per heavy atom. The van der Waals surface area contributed by atoms with Crippen LogP contribution in [0.1, 0.15) is 13.8 Å². The number of hydrogen-bond donors (Lipinski definition) is 1. The van der Waals surface area contributed by atoms with Gasteiger partial charge in [-0.1, -0.05) is 6.92 Å². The molecule has 6 heteroatoms. The van der Waals surface area contributed by atoms with Crippen molar-refractivity contribution < 1.29 is 9.59 Å². The fourth-order valence-electron chi connectivity index (χ4n) is 1.29. The molecule has 1 rings (SSSR count). The van der Waals surface area contributed by atoms with E-state index < -0.39 is 11.3 Å². The van der Waals surface area contributed by atoms with Crippen molar-refractivity contribution in [3.8, 4) is 0 Å². The average molecular weight is 251 g/mol. The van der Waals surface area contributed by atoms with Gasteiger partial charge in [0.1, 0.15) is 5.38 Å². The highest BCUT2D eigenvalue weighted by molar-refractivity contribution is 7.99. The van der Waals surface area contributed by atoms with Crippen LogP contribution < -0.4 is 5.32 Å². The minimum Gasteiger partial charge on any atom is -0.323 e. The van der Waals surface area contributed by atoms with Crippen LogP contribution in [0.3, 0.4) is 0 Å². The van der Waals surface area contributed by atoms with Crippen molar-refractivity contribution in [2.45, 2.75) is 24.5 Å². The molecule has 0 aromatic rings. The van der Waals surface area contributed by atoms with E-state index in [-0.39, 0.29) is 6.03 Å². The molecule has 0 bridgehead atoms. The highest BCUT2D eigenvalue weighted by atomic mass is 35.5. The molecule has 4 nitrogen and oxygen atoms in total. The van der Waals surface area contributed by atoms with E-state index in [1.807, 2.05) is 11.8 Å². The summed E-state index contributed by atoms with van der Waals surface area (Å²) in [5.41, 5.74) is 0. The second-order valence-corrected chi connectivity index (χ2v) is 5.74. The Morgan fingerprint density at radius 1 is 1.60 bits per heavy atom. The van der Waals surface area contributed by atoms with E-state index in [0.717, 1.165) is 5.75 Å². The van der Waals surface area contributed by atoms with E-state index in [4.69, 9.17) is 11.6 Å². The lowest BCUT2D eigenvalue weighted by atomic mass is 10.4. The molecule has 15 heavy (non-hydrogen) atoms. The topological polar surface area (TPSA) is 49.4 Å². The number of urea groups is 1. The molecular weight excluding hydrogens is 236 g/mol. The van der Waals surface area contributed by atoms with Crippen LogP contribution in [0.25, 0.3) is 0 Å². The molecule has 0 saturated carbocycles. The predicted molar refractivity (Wildman–Crippen MR) is 62.3 cm³/mol. The van der Waals surface area contributed by atoms with Crippen molar-refractivity contribution in [2.75, 3.05) is 18.8 Å². The number of carbonyl (C=O) groups excluding carboxylic acids is 2. The van der Waals surface area contributed by atoms with Crippen LogP contribution in [0.15, 0.2) is 0 Å². The van der Waals surface area contributed by atoms with Crippen LogP contribution in [-0.2, 0) is 4.79 Å². The SMILES string of the molecule is CC1CN(C(=O)NC(=O)C(C)Cl)CCS1. The number of thioether (sulfide) groups is 1. The predicted octanol–water partition coefficient (Wildman–Crippen LogP) is 1.29.